The van der Waals surface area contributed by atoms with Crippen LogP contribution in [0.4, 0.5) is 5.95 Å². The maximum absolute atomic E-state index is 5.50. The van der Waals surface area contributed by atoms with Crippen LogP contribution in [0.5, 0.6) is 0 Å². The van der Waals surface area contributed by atoms with Gasteiger partial charge < -0.3 is 14.6 Å². The zero-order chi connectivity index (χ0) is 11.0. The summed E-state index contributed by atoms with van der Waals surface area (Å²) in [5.41, 5.74) is 1.19. The van der Waals surface area contributed by atoms with Gasteiger partial charge in [0.25, 0.3) is 0 Å². The molecular weight excluding hydrogens is 202 g/mol. The van der Waals surface area contributed by atoms with Gasteiger partial charge in [0.15, 0.2) is 0 Å². The normalized spacial score (nSPS) is 28.8. The van der Waals surface area contributed by atoms with Gasteiger partial charge in [0.2, 0.25) is 5.95 Å². The number of rotatable bonds is 2. The van der Waals surface area contributed by atoms with Crippen LogP contribution in [-0.2, 0) is 11.2 Å². The molecule has 0 aliphatic carbocycles. The smallest absolute Gasteiger partial charge is 0.203 e. The van der Waals surface area contributed by atoms with Crippen molar-refractivity contribution in [3.63, 3.8) is 0 Å². The Morgan fingerprint density at radius 3 is 3.25 bits per heavy atom. The summed E-state index contributed by atoms with van der Waals surface area (Å²) in [4.78, 5) is 4.60. The predicted molar refractivity (Wildman–Crippen MR) is 62.7 cm³/mol. The predicted octanol–water partition coefficient (Wildman–Crippen LogP) is 1.84. The zero-order valence-corrected chi connectivity index (χ0v) is 9.78. The van der Waals surface area contributed by atoms with Gasteiger partial charge in [0.05, 0.1) is 12.3 Å². The lowest BCUT2D eigenvalue weighted by atomic mass is 9.95. The highest BCUT2D eigenvalue weighted by molar-refractivity contribution is 5.32. The first-order valence-corrected chi connectivity index (χ1v) is 6.28. The number of hydrogen-bond acceptors (Lipinski definition) is 3. The van der Waals surface area contributed by atoms with Crippen LogP contribution in [-0.4, -0.2) is 29.3 Å². The third-order valence-electron chi connectivity index (χ3n) is 3.73. The molecule has 0 aromatic carbocycles. The maximum atomic E-state index is 5.50. The first-order valence-electron chi connectivity index (χ1n) is 6.28. The summed E-state index contributed by atoms with van der Waals surface area (Å²) in [7, 11) is 0. The van der Waals surface area contributed by atoms with Crippen LogP contribution in [0.25, 0.3) is 0 Å². The molecule has 1 N–H and O–H groups in total. The summed E-state index contributed by atoms with van der Waals surface area (Å²) in [6.07, 6.45) is 5.62. The molecule has 1 aromatic heterocycles. The molecule has 4 nitrogen and oxygen atoms in total. The molecule has 0 radical (unpaired) electrons. The molecule has 2 unspecified atom stereocenters. The molecule has 2 atom stereocenters. The fourth-order valence-corrected chi connectivity index (χ4v) is 2.79. The highest BCUT2D eigenvalue weighted by Gasteiger charge is 2.30. The van der Waals surface area contributed by atoms with E-state index in [9.17, 15) is 0 Å². The van der Waals surface area contributed by atoms with Gasteiger partial charge in [-0.15, -0.1) is 0 Å². The highest BCUT2D eigenvalue weighted by Crippen LogP contribution is 2.34. The van der Waals surface area contributed by atoms with Crippen LogP contribution >= 0.6 is 0 Å². The largest absolute Gasteiger partial charge is 0.381 e. The molecule has 1 saturated heterocycles. The Bertz CT molecular complexity index is 368. The van der Waals surface area contributed by atoms with Crippen LogP contribution in [0.1, 0.15) is 31.5 Å². The number of anilines is 1. The third kappa shape index (κ3) is 1.61. The van der Waals surface area contributed by atoms with Crippen molar-refractivity contribution in [2.45, 2.75) is 32.2 Å². The van der Waals surface area contributed by atoms with E-state index in [1.165, 1.54) is 18.5 Å². The Morgan fingerprint density at radius 1 is 1.56 bits per heavy atom. The molecule has 3 heterocycles. The molecule has 0 amide bonds. The number of nitrogens with zero attached hydrogens (tertiary/aromatic N) is 2. The Labute approximate surface area is 96.0 Å². The Morgan fingerprint density at radius 2 is 2.50 bits per heavy atom. The molecule has 16 heavy (non-hydrogen) atoms. The van der Waals surface area contributed by atoms with Crippen LogP contribution < -0.4 is 5.32 Å². The van der Waals surface area contributed by atoms with E-state index in [0.717, 1.165) is 32.1 Å². The summed E-state index contributed by atoms with van der Waals surface area (Å²) >= 11 is 0. The second-order valence-electron chi connectivity index (χ2n) is 4.72. The monoisotopic (exact) mass is 221 g/mol. The van der Waals surface area contributed by atoms with Gasteiger partial charge in [-0.05, 0) is 19.3 Å². The van der Waals surface area contributed by atoms with Gasteiger partial charge in [-0.1, -0.05) is 6.92 Å². The van der Waals surface area contributed by atoms with Crippen molar-refractivity contribution in [3.05, 3.63) is 11.9 Å². The van der Waals surface area contributed by atoms with E-state index < -0.39 is 0 Å². The number of hydrogen-bond donors (Lipinski definition) is 1. The first kappa shape index (κ1) is 10.1. The van der Waals surface area contributed by atoms with Gasteiger partial charge >= 0.3 is 0 Å². The van der Waals surface area contributed by atoms with E-state index in [2.05, 4.69) is 28.0 Å². The molecule has 0 spiro atoms. The maximum Gasteiger partial charge on any atom is 0.203 e. The molecule has 1 fully saturated rings. The SMILES string of the molecule is CCc1cn2c(n1)NCCC2C1CCOC1. The van der Waals surface area contributed by atoms with Crippen LogP contribution in [0, 0.1) is 5.92 Å². The number of ether oxygens (including phenoxy) is 1. The van der Waals surface area contributed by atoms with Gasteiger partial charge in [0.1, 0.15) is 0 Å². The van der Waals surface area contributed by atoms with Crippen molar-refractivity contribution >= 4 is 5.95 Å². The lowest BCUT2D eigenvalue weighted by Crippen LogP contribution is -2.28. The summed E-state index contributed by atoms with van der Waals surface area (Å²) in [5.74, 6) is 1.74. The van der Waals surface area contributed by atoms with Gasteiger partial charge in [-0.25, -0.2) is 4.98 Å². The van der Waals surface area contributed by atoms with Crippen molar-refractivity contribution in [2.24, 2.45) is 5.92 Å². The lowest BCUT2D eigenvalue weighted by molar-refractivity contribution is 0.170. The van der Waals surface area contributed by atoms with Crippen molar-refractivity contribution < 1.29 is 4.74 Å². The lowest BCUT2D eigenvalue weighted by Gasteiger charge is -2.29. The van der Waals surface area contributed by atoms with Crippen molar-refractivity contribution in [1.82, 2.24) is 9.55 Å². The molecule has 4 heteroatoms. The standard InChI is InChI=1S/C12H19N3O/c1-2-10-7-15-11(9-4-6-16-8-9)3-5-13-12(15)14-10/h7,9,11H,2-6,8H2,1H3,(H,13,14). The first-order chi connectivity index (χ1) is 7.88. The van der Waals surface area contributed by atoms with Gasteiger partial charge in [0, 0.05) is 31.3 Å². The fraction of sp³-hybridized carbons (Fsp3) is 0.750. The minimum atomic E-state index is 0.589. The van der Waals surface area contributed by atoms with Crippen LogP contribution in [0.2, 0.25) is 0 Å². The van der Waals surface area contributed by atoms with Crippen LogP contribution in [0.3, 0.4) is 0 Å². The fourth-order valence-electron chi connectivity index (χ4n) is 2.79. The molecule has 1 aromatic rings. The summed E-state index contributed by atoms with van der Waals surface area (Å²) in [6, 6.07) is 0.589. The van der Waals surface area contributed by atoms with E-state index in [1.54, 1.807) is 0 Å². The quantitative estimate of drug-likeness (QED) is 0.828. The van der Waals surface area contributed by atoms with Gasteiger partial charge in [-0.2, -0.15) is 0 Å². The zero-order valence-electron chi connectivity index (χ0n) is 9.78. The van der Waals surface area contributed by atoms with Crippen LogP contribution in [0.15, 0.2) is 6.20 Å². The molecule has 3 rings (SSSR count). The van der Waals surface area contributed by atoms with E-state index >= 15 is 0 Å². The second-order valence-corrected chi connectivity index (χ2v) is 4.72. The minimum Gasteiger partial charge on any atom is -0.381 e. The minimum absolute atomic E-state index is 0.589. The van der Waals surface area contributed by atoms with Crippen molar-refractivity contribution in [2.75, 3.05) is 25.1 Å². The number of aromatic nitrogens is 2. The summed E-state index contributed by atoms with van der Waals surface area (Å²) < 4.78 is 7.84. The highest BCUT2D eigenvalue weighted by atomic mass is 16.5. The van der Waals surface area contributed by atoms with E-state index in [1.807, 2.05) is 0 Å². The summed E-state index contributed by atoms with van der Waals surface area (Å²) in [5, 5.41) is 3.38. The number of fused-ring (bicyclic) bond motifs is 1. The Kier molecular flexibility index (Phi) is 2.59. The molecule has 88 valence electrons. The topological polar surface area (TPSA) is 39.1 Å². The van der Waals surface area contributed by atoms with E-state index in [4.69, 9.17) is 4.74 Å². The molecular formula is C12H19N3O. The Hall–Kier alpha value is -1.03. The summed E-state index contributed by atoms with van der Waals surface area (Å²) in [6.45, 7) is 5.05. The number of aryl methyl sites for hydroxylation is 1. The Balaban J connectivity index is 1.89. The van der Waals surface area contributed by atoms with Gasteiger partial charge in [-0.3, -0.25) is 0 Å². The third-order valence-corrected chi connectivity index (χ3v) is 3.73. The number of nitrogens with one attached hydrogen (secondary N) is 1. The molecule has 0 saturated carbocycles. The second kappa shape index (κ2) is 4.09. The van der Waals surface area contributed by atoms with E-state index in [0.29, 0.717) is 12.0 Å². The van der Waals surface area contributed by atoms with Crippen molar-refractivity contribution in [3.8, 4) is 0 Å². The van der Waals surface area contributed by atoms with Crippen molar-refractivity contribution in [1.29, 1.82) is 0 Å². The average Bonchev–Trinajstić information content (AvgIpc) is 2.97. The molecule has 0 bridgehead atoms. The van der Waals surface area contributed by atoms with E-state index in [-0.39, 0.29) is 0 Å². The number of imidazole rings is 1. The molecule has 2 aliphatic heterocycles. The average molecular weight is 221 g/mol. The molecule has 2 aliphatic rings.